The van der Waals surface area contributed by atoms with Crippen molar-refractivity contribution in [1.82, 2.24) is 15.1 Å². The van der Waals surface area contributed by atoms with Crippen molar-refractivity contribution in [3.05, 3.63) is 52.6 Å². The van der Waals surface area contributed by atoms with Crippen molar-refractivity contribution < 1.29 is 9.26 Å². The highest BCUT2D eigenvalue weighted by molar-refractivity contribution is 6.31. The van der Waals surface area contributed by atoms with E-state index >= 15 is 0 Å². The Kier molecular flexibility index (Phi) is 3.96. The highest BCUT2D eigenvalue weighted by Gasteiger charge is 2.18. The van der Waals surface area contributed by atoms with Crippen LogP contribution in [-0.4, -0.2) is 22.2 Å². The van der Waals surface area contributed by atoms with Gasteiger partial charge < -0.3 is 14.2 Å². The van der Waals surface area contributed by atoms with Crippen LogP contribution in [0.2, 0.25) is 5.02 Å². The molecule has 0 saturated heterocycles. The Hall–Kier alpha value is -2.79. The number of aromatic amines is 1. The summed E-state index contributed by atoms with van der Waals surface area (Å²) < 4.78 is 10.9. The summed E-state index contributed by atoms with van der Waals surface area (Å²) in [5.41, 5.74) is 6.50. The third-order valence-corrected chi connectivity index (χ3v) is 4.71. The van der Waals surface area contributed by atoms with Gasteiger partial charge in [-0.25, -0.2) is 4.98 Å². The summed E-state index contributed by atoms with van der Waals surface area (Å²) >= 11 is 6.26. The van der Waals surface area contributed by atoms with E-state index in [0.717, 1.165) is 56.3 Å². The van der Waals surface area contributed by atoms with Crippen molar-refractivity contribution >= 4 is 22.6 Å². The minimum absolute atomic E-state index is 0.643. The third-order valence-electron chi connectivity index (χ3n) is 4.48. The van der Waals surface area contributed by atoms with Crippen molar-refractivity contribution in [2.75, 3.05) is 7.11 Å². The van der Waals surface area contributed by atoms with Gasteiger partial charge in [-0.15, -0.1) is 0 Å². The number of ether oxygens (including phenoxy) is 1. The molecule has 0 aliphatic rings. The fourth-order valence-electron chi connectivity index (χ4n) is 3.38. The van der Waals surface area contributed by atoms with Crippen molar-refractivity contribution in [1.29, 1.82) is 0 Å². The zero-order valence-corrected chi connectivity index (χ0v) is 15.7. The molecule has 132 valence electrons. The summed E-state index contributed by atoms with van der Waals surface area (Å²) in [5.74, 6) is 2.37. The van der Waals surface area contributed by atoms with Gasteiger partial charge in [-0.2, -0.15) is 0 Å². The maximum Gasteiger partial charge on any atom is 0.141 e. The van der Waals surface area contributed by atoms with Crippen LogP contribution in [0.15, 0.2) is 34.9 Å². The van der Waals surface area contributed by atoms with Gasteiger partial charge in [0.2, 0.25) is 0 Å². The SMILES string of the molecule is COc1ccc(Cl)cc1-c1cc(-c2c(C)noc2C)cc2[nH]c(C)nc12. The maximum absolute atomic E-state index is 6.26. The molecule has 0 radical (unpaired) electrons. The lowest BCUT2D eigenvalue weighted by Gasteiger charge is -2.12. The number of nitrogens with zero attached hydrogens (tertiary/aromatic N) is 2. The van der Waals surface area contributed by atoms with Gasteiger partial charge in [0.25, 0.3) is 0 Å². The first-order valence-corrected chi connectivity index (χ1v) is 8.63. The molecule has 2 aromatic heterocycles. The highest BCUT2D eigenvalue weighted by Crippen LogP contribution is 2.40. The van der Waals surface area contributed by atoms with E-state index in [4.69, 9.17) is 20.9 Å². The van der Waals surface area contributed by atoms with E-state index in [1.54, 1.807) is 7.11 Å². The van der Waals surface area contributed by atoms with Gasteiger partial charge in [0.05, 0.1) is 23.8 Å². The molecule has 4 aromatic rings. The number of imidazole rings is 1. The van der Waals surface area contributed by atoms with Crippen LogP contribution in [0, 0.1) is 20.8 Å². The van der Waals surface area contributed by atoms with E-state index in [9.17, 15) is 0 Å². The summed E-state index contributed by atoms with van der Waals surface area (Å²) in [5, 5.41) is 4.72. The van der Waals surface area contributed by atoms with Crippen LogP contribution < -0.4 is 4.74 Å². The molecule has 0 aliphatic carbocycles. The molecule has 0 saturated carbocycles. The number of hydrogen-bond donors (Lipinski definition) is 1. The normalized spacial score (nSPS) is 11.3. The topological polar surface area (TPSA) is 63.9 Å². The van der Waals surface area contributed by atoms with E-state index in [-0.39, 0.29) is 0 Å². The van der Waals surface area contributed by atoms with Gasteiger partial charge >= 0.3 is 0 Å². The molecule has 0 aliphatic heterocycles. The molecule has 0 amide bonds. The number of H-pyrrole nitrogens is 1. The summed E-state index contributed by atoms with van der Waals surface area (Å²) in [7, 11) is 1.65. The van der Waals surface area contributed by atoms with Crippen LogP contribution in [0.4, 0.5) is 0 Å². The number of aryl methyl sites for hydroxylation is 3. The molecule has 1 N–H and O–H groups in total. The lowest BCUT2D eigenvalue weighted by molar-refractivity contribution is 0.393. The number of methoxy groups -OCH3 is 1. The van der Waals surface area contributed by atoms with Crippen molar-refractivity contribution in [2.45, 2.75) is 20.8 Å². The minimum Gasteiger partial charge on any atom is -0.496 e. The number of hydrogen-bond acceptors (Lipinski definition) is 4. The molecule has 0 spiro atoms. The van der Waals surface area contributed by atoms with Crippen LogP contribution in [0.25, 0.3) is 33.3 Å². The second-order valence-corrected chi connectivity index (χ2v) is 6.72. The van der Waals surface area contributed by atoms with Gasteiger partial charge in [0.1, 0.15) is 17.3 Å². The van der Waals surface area contributed by atoms with E-state index in [1.165, 1.54) is 0 Å². The van der Waals surface area contributed by atoms with Crippen LogP contribution in [0.3, 0.4) is 0 Å². The maximum atomic E-state index is 6.26. The Bertz CT molecular complexity index is 1110. The largest absolute Gasteiger partial charge is 0.496 e. The number of fused-ring (bicyclic) bond motifs is 1. The lowest BCUT2D eigenvalue weighted by atomic mass is 9.96. The zero-order chi connectivity index (χ0) is 18.4. The van der Waals surface area contributed by atoms with Gasteiger partial charge in [-0.05, 0) is 56.7 Å². The summed E-state index contributed by atoms with van der Waals surface area (Å²) in [6.07, 6.45) is 0. The molecular formula is C20H18ClN3O2. The molecule has 4 rings (SSSR count). The predicted octanol–water partition coefficient (Wildman–Crippen LogP) is 5.47. The third kappa shape index (κ3) is 2.65. The Balaban J connectivity index is 2.07. The summed E-state index contributed by atoms with van der Waals surface area (Å²) in [6.45, 7) is 5.79. The van der Waals surface area contributed by atoms with E-state index in [0.29, 0.717) is 5.02 Å². The molecule has 0 bridgehead atoms. The van der Waals surface area contributed by atoms with Crippen molar-refractivity contribution in [3.63, 3.8) is 0 Å². The second kappa shape index (κ2) is 6.18. The van der Waals surface area contributed by atoms with E-state index in [2.05, 4.69) is 27.3 Å². The zero-order valence-electron chi connectivity index (χ0n) is 15.0. The van der Waals surface area contributed by atoms with Crippen molar-refractivity contribution in [3.8, 4) is 28.0 Å². The fourth-order valence-corrected chi connectivity index (χ4v) is 3.55. The average molecular weight is 368 g/mol. The number of aromatic nitrogens is 3. The number of benzene rings is 2. The first-order valence-electron chi connectivity index (χ1n) is 8.25. The Morgan fingerprint density at radius 2 is 1.88 bits per heavy atom. The molecule has 6 heteroatoms. The molecule has 5 nitrogen and oxygen atoms in total. The summed E-state index contributed by atoms with van der Waals surface area (Å²) in [4.78, 5) is 7.99. The highest BCUT2D eigenvalue weighted by atomic mass is 35.5. The van der Waals surface area contributed by atoms with E-state index < -0.39 is 0 Å². The number of nitrogens with one attached hydrogen (secondary N) is 1. The van der Waals surface area contributed by atoms with Gasteiger partial charge in [0, 0.05) is 21.7 Å². The molecule has 0 unspecified atom stereocenters. The smallest absolute Gasteiger partial charge is 0.141 e. The van der Waals surface area contributed by atoms with Gasteiger partial charge in [-0.1, -0.05) is 16.8 Å². The van der Waals surface area contributed by atoms with Crippen molar-refractivity contribution in [2.24, 2.45) is 0 Å². The first kappa shape index (κ1) is 16.7. The predicted molar refractivity (Wildman–Crippen MR) is 103 cm³/mol. The Labute approximate surface area is 155 Å². The Morgan fingerprint density at radius 1 is 1.08 bits per heavy atom. The van der Waals surface area contributed by atoms with Crippen LogP contribution in [0.5, 0.6) is 5.75 Å². The van der Waals surface area contributed by atoms with E-state index in [1.807, 2.05) is 39.0 Å². The first-order chi connectivity index (χ1) is 12.5. The molecule has 0 atom stereocenters. The standard InChI is InChI=1S/C20H18ClN3O2/c1-10-19(11(2)26-24-10)13-7-16(20-17(8-13)22-12(3)23-20)15-9-14(21)5-6-18(15)25-4/h5-9H,1-4H3,(H,22,23). The molecule has 0 fully saturated rings. The quantitative estimate of drug-likeness (QED) is 0.521. The van der Waals surface area contributed by atoms with Crippen LogP contribution in [-0.2, 0) is 0 Å². The summed E-state index contributed by atoms with van der Waals surface area (Å²) in [6, 6.07) is 9.74. The molecule has 2 heterocycles. The van der Waals surface area contributed by atoms with Crippen LogP contribution in [0.1, 0.15) is 17.3 Å². The molecular weight excluding hydrogens is 350 g/mol. The Morgan fingerprint density at radius 3 is 2.58 bits per heavy atom. The van der Waals surface area contributed by atoms with Crippen LogP contribution >= 0.6 is 11.6 Å². The lowest BCUT2D eigenvalue weighted by Crippen LogP contribution is -1.91. The van der Waals surface area contributed by atoms with Gasteiger partial charge in [-0.3, -0.25) is 0 Å². The monoisotopic (exact) mass is 367 g/mol. The second-order valence-electron chi connectivity index (χ2n) is 6.29. The molecule has 2 aromatic carbocycles. The number of rotatable bonds is 3. The minimum atomic E-state index is 0.643. The van der Waals surface area contributed by atoms with Gasteiger partial charge in [0.15, 0.2) is 0 Å². The number of halogens is 1. The fraction of sp³-hybridized carbons (Fsp3) is 0.200. The molecule has 26 heavy (non-hydrogen) atoms. The average Bonchev–Trinajstić information content (AvgIpc) is 3.15.